The third-order valence-electron chi connectivity index (χ3n) is 8.62. The van der Waals surface area contributed by atoms with Gasteiger partial charge in [-0.2, -0.15) is 0 Å². The Morgan fingerprint density at radius 3 is 2.39 bits per heavy atom. The molecule has 1 fully saturated rings. The van der Waals surface area contributed by atoms with E-state index in [-0.39, 0.29) is 35.9 Å². The van der Waals surface area contributed by atoms with Crippen LogP contribution < -0.4 is 20.7 Å². The van der Waals surface area contributed by atoms with Crippen LogP contribution in [0, 0.1) is 22.5 Å². The van der Waals surface area contributed by atoms with E-state index in [1.807, 2.05) is 20.8 Å². The van der Waals surface area contributed by atoms with Crippen LogP contribution in [0.4, 0.5) is 30.8 Å². The van der Waals surface area contributed by atoms with Crippen LogP contribution in [0.15, 0.2) is 30.6 Å². The van der Waals surface area contributed by atoms with Crippen LogP contribution in [0.3, 0.4) is 0 Å². The van der Waals surface area contributed by atoms with Gasteiger partial charge in [0.1, 0.15) is 46.9 Å². The highest BCUT2D eigenvalue weighted by Gasteiger charge is 2.43. The van der Waals surface area contributed by atoms with Crippen molar-refractivity contribution in [2.75, 3.05) is 31.3 Å². The Hall–Kier alpha value is -4.79. The molecule has 0 unspecified atom stereocenters. The minimum Gasteiger partial charge on any atom is -0.494 e. The van der Waals surface area contributed by atoms with E-state index < -0.39 is 69.4 Å². The average molecular weight is 732 g/mol. The number of anilines is 3. The lowest BCUT2D eigenvalue weighted by molar-refractivity contribution is -0.143. The second-order valence-corrected chi connectivity index (χ2v) is 15.2. The molecule has 0 spiro atoms. The highest BCUT2D eigenvalue weighted by atomic mass is 35.5. The van der Waals surface area contributed by atoms with Gasteiger partial charge in [-0.05, 0) is 48.3 Å². The van der Waals surface area contributed by atoms with Crippen molar-refractivity contribution in [2.24, 2.45) is 10.8 Å². The topological polar surface area (TPSA) is 166 Å². The number of hydrogen-bond donors (Lipinski definition) is 4. The Kier molecular flexibility index (Phi) is 11.6. The smallest absolute Gasteiger partial charge is 0.407 e. The molecule has 0 aliphatic carbocycles. The third-order valence-corrected chi connectivity index (χ3v) is 8.96. The van der Waals surface area contributed by atoms with Crippen LogP contribution in [0.5, 0.6) is 5.75 Å². The van der Waals surface area contributed by atoms with Crippen molar-refractivity contribution >= 4 is 63.5 Å². The summed E-state index contributed by atoms with van der Waals surface area (Å²) in [6.45, 7) is 11.2. The number of amides is 4. The van der Waals surface area contributed by atoms with Gasteiger partial charge in [0.25, 0.3) is 0 Å². The first kappa shape index (κ1) is 39.0. The summed E-state index contributed by atoms with van der Waals surface area (Å²) in [4.78, 5) is 64.4. The SMILES string of the molecule is COc1cc2ncnc(Nc3ccc(F)c(Cl)c3F)c2cc1NC(=O)[C@@H]1CCCN1C(=O)[C@@H](NC(=O)[C@H](CC(C)(C)C)N(C)C(=O)O)C(C)(C)C. The molecule has 1 aromatic heterocycles. The normalized spacial score (nSPS) is 16.0. The molecule has 3 atom stereocenters. The fourth-order valence-electron chi connectivity index (χ4n) is 5.89. The minimum atomic E-state index is -1.28. The summed E-state index contributed by atoms with van der Waals surface area (Å²) in [7, 11) is 2.72. The summed E-state index contributed by atoms with van der Waals surface area (Å²) in [6, 6.07) is 2.22. The van der Waals surface area contributed by atoms with E-state index in [0.29, 0.717) is 23.7 Å². The van der Waals surface area contributed by atoms with Crippen molar-refractivity contribution < 1.29 is 37.8 Å². The molecule has 1 saturated heterocycles. The number of likely N-dealkylation sites (N-methyl/N-ethyl adjacent to an activating group) is 1. The van der Waals surface area contributed by atoms with E-state index >= 15 is 0 Å². The molecular weight excluding hydrogens is 688 g/mol. The van der Waals surface area contributed by atoms with Gasteiger partial charge in [0.15, 0.2) is 5.82 Å². The second-order valence-electron chi connectivity index (χ2n) is 14.8. The lowest BCUT2D eigenvalue weighted by Crippen LogP contribution is -2.60. The molecule has 1 aliphatic rings. The number of carbonyl (C=O) groups excluding carboxylic acids is 3. The van der Waals surface area contributed by atoms with Gasteiger partial charge in [0, 0.05) is 25.0 Å². The molecule has 4 rings (SSSR count). The van der Waals surface area contributed by atoms with E-state index in [1.54, 1.807) is 26.8 Å². The van der Waals surface area contributed by atoms with Crippen molar-refractivity contribution in [1.82, 2.24) is 25.1 Å². The number of carbonyl (C=O) groups is 4. The number of methoxy groups -OCH3 is 1. The van der Waals surface area contributed by atoms with E-state index in [1.165, 1.54) is 37.5 Å². The number of hydrogen-bond acceptors (Lipinski definition) is 8. The van der Waals surface area contributed by atoms with Crippen molar-refractivity contribution in [3.05, 3.63) is 47.2 Å². The van der Waals surface area contributed by atoms with Gasteiger partial charge in [-0.1, -0.05) is 53.1 Å². The van der Waals surface area contributed by atoms with E-state index in [4.69, 9.17) is 16.3 Å². The Bertz CT molecular complexity index is 1830. The van der Waals surface area contributed by atoms with Crippen molar-refractivity contribution in [2.45, 2.75) is 78.9 Å². The first-order valence-electron chi connectivity index (χ1n) is 16.3. The molecule has 0 bridgehead atoms. The standard InChI is InChI=1S/C35H44ClF2N7O6/c1-34(2,3)16-24(44(7)33(49)50)31(47)43-28(35(4,5)6)32(48)45-13-9-10-23(45)30(46)42-22-14-18-21(15-25(22)51-8)39-17-40-29(18)41-20-12-11-19(37)26(36)27(20)38/h11-12,14-15,17,23-24,28H,9-10,13,16H2,1-8H3,(H,42,46)(H,43,47)(H,49,50)(H,39,40,41)/t23-,24-,28+/m0/s1. The zero-order chi connectivity index (χ0) is 38.0. The zero-order valence-electron chi connectivity index (χ0n) is 29.9. The molecule has 16 heteroatoms. The highest BCUT2D eigenvalue weighted by molar-refractivity contribution is 6.31. The van der Waals surface area contributed by atoms with Gasteiger partial charge < -0.3 is 30.7 Å². The lowest BCUT2D eigenvalue weighted by atomic mass is 9.84. The fraction of sp³-hybridized carbons (Fsp3) is 0.486. The average Bonchev–Trinajstić information content (AvgIpc) is 3.55. The van der Waals surface area contributed by atoms with Gasteiger partial charge in [-0.3, -0.25) is 19.3 Å². The number of benzene rings is 2. The molecule has 51 heavy (non-hydrogen) atoms. The fourth-order valence-corrected chi connectivity index (χ4v) is 6.06. The van der Waals surface area contributed by atoms with Crippen LogP contribution in [0.1, 0.15) is 60.8 Å². The summed E-state index contributed by atoms with van der Waals surface area (Å²) in [6.07, 6.45) is 1.03. The first-order valence-corrected chi connectivity index (χ1v) is 16.7. The summed E-state index contributed by atoms with van der Waals surface area (Å²) in [5, 5.41) is 17.8. The molecule has 4 amide bonds. The van der Waals surface area contributed by atoms with E-state index in [0.717, 1.165) is 11.0 Å². The van der Waals surface area contributed by atoms with Gasteiger partial charge in [0.05, 0.1) is 24.0 Å². The van der Waals surface area contributed by atoms with Crippen molar-refractivity contribution in [1.29, 1.82) is 0 Å². The van der Waals surface area contributed by atoms with Crippen LogP contribution >= 0.6 is 11.6 Å². The minimum absolute atomic E-state index is 0.136. The predicted molar refractivity (Wildman–Crippen MR) is 189 cm³/mol. The Morgan fingerprint density at radius 1 is 1.10 bits per heavy atom. The molecule has 13 nitrogen and oxygen atoms in total. The zero-order valence-corrected chi connectivity index (χ0v) is 30.6. The molecule has 4 N–H and O–H groups in total. The summed E-state index contributed by atoms with van der Waals surface area (Å²) in [5.41, 5.74) is -0.738. The van der Waals surface area contributed by atoms with Gasteiger partial charge in [-0.25, -0.2) is 23.5 Å². The van der Waals surface area contributed by atoms with Crippen LogP contribution in [-0.4, -0.2) is 87.5 Å². The third kappa shape index (κ3) is 8.93. The molecule has 3 aromatic rings. The maximum absolute atomic E-state index is 14.7. The Morgan fingerprint density at radius 2 is 1.78 bits per heavy atom. The molecule has 0 radical (unpaired) electrons. The Labute approximate surface area is 300 Å². The largest absolute Gasteiger partial charge is 0.494 e. The quantitative estimate of drug-likeness (QED) is 0.178. The molecule has 2 heterocycles. The van der Waals surface area contributed by atoms with Crippen LogP contribution in [0.25, 0.3) is 10.9 Å². The number of nitrogens with one attached hydrogen (secondary N) is 3. The van der Waals surface area contributed by atoms with E-state index in [9.17, 15) is 33.1 Å². The number of carboxylic acid groups (broad SMARTS) is 1. The van der Waals surface area contributed by atoms with E-state index in [2.05, 4.69) is 25.9 Å². The lowest BCUT2D eigenvalue weighted by Gasteiger charge is -2.37. The summed E-state index contributed by atoms with van der Waals surface area (Å²) >= 11 is 5.76. The molecule has 276 valence electrons. The van der Waals surface area contributed by atoms with Gasteiger partial charge >= 0.3 is 6.09 Å². The van der Waals surface area contributed by atoms with Crippen LogP contribution in [-0.2, 0) is 14.4 Å². The maximum Gasteiger partial charge on any atom is 0.407 e. The van der Waals surface area contributed by atoms with Crippen LogP contribution in [0.2, 0.25) is 5.02 Å². The maximum atomic E-state index is 14.7. The number of likely N-dealkylation sites (tertiary alicyclic amines) is 1. The number of aromatic nitrogens is 2. The predicted octanol–water partition coefficient (Wildman–Crippen LogP) is 6.19. The number of rotatable bonds is 10. The van der Waals surface area contributed by atoms with Gasteiger partial charge in [0.2, 0.25) is 17.7 Å². The number of ether oxygens (including phenoxy) is 1. The second kappa shape index (κ2) is 15.2. The first-order chi connectivity index (χ1) is 23.7. The molecule has 2 aromatic carbocycles. The Balaban J connectivity index is 1.61. The summed E-state index contributed by atoms with van der Waals surface area (Å²) in [5.74, 6) is -3.16. The summed E-state index contributed by atoms with van der Waals surface area (Å²) < 4.78 is 34.0. The van der Waals surface area contributed by atoms with Gasteiger partial charge in [-0.15, -0.1) is 0 Å². The molecular formula is C35H44ClF2N7O6. The number of nitrogens with zero attached hydrogens (tertiary/aromatic N) is 4. The number of fused-ring (bicyclic) bond motifs is 1. The molecule has 1 aliphatic heterocycles. The highest BCUT2D eigenvalue weighted by Crippen LogP contribution is 2.36. The number of halogens is 3. The van der Waals surface area contributed by atoms with Crippen molar-refractivity contribution in [3.63, 3.8) is 0 Å². The van der Waals surface area contributed by atoms with Crippen molar-refractivity contribution in [3.8, 4) is 5.75 Å². The molecule has 0 saturated carbocycles. The monoisotopic (exact) mass is 731 g/mol.